The van der Waals surface area contributed by atoms with Crippen LogP contribution in [0.15, 0.2) is 129 Å². The second-order valence-corrected chi connectivity index (χ2v) is 8.28. The molecule has 0 aliphatic rings. The highest BCUT2D eigenvalue weighted by Gasteiger charge is 2.23. The normalized spacial score (nSPS) is 10.8. The fraction of sp³-hybridized carbons (Fsp3) is 0. The summed E-state index contributed by atoms with van der Waals surface area (Å²) in [5, 5.41) is 0. The van der Waals surface area contributed by atoms with Gasteiger partial charge in [0.15, 0.2) is 0 Å². The first-order valence-corrected chi connectivity index (χ1v) is 11.6. The van der Waals surface area contributed by atoms with Crippen LogP contribution >= 0.6 is 0 Å². The summed E-state index contributed by atoms with van der Waals surface area (Å²) in [6.45, 7) is 0. The van der Waals surface area contributed by atoms with Gasteiger partial charge >= 0.3 is 0 Å². The van der Waals surface area contributed by atoms with Crippen LogP contribution < -0.4 is 0 Å². The summed E-state index contributed by atoms with van der Waals surface area (Å²) >= 11 is 0. The number of rotatable bonds is 5. The van der Waals surface area contributed by atoms with E-state index in [9.17, 15) is 0 Å². The van der Waals surface area contributed by atoms with E-state index in [4.69, 9.17) is 0 Å². The maximum absolute atomic E-state index is 4.30. The quantitative estimate of drug-likeness (QED) is 0.275. The van der Waals surface area contributed by atoms with Crippen molar-refractivity contribution in [1.29, 1.82) is 0 Å². The molecule has 0 fully saturated rings. The van der Waals surface area contributed by atoms with Crippen molar-refractivity contribution < 1.29 is 0 Å². The minimum absolute atomic E-state index is 1.08. The largest absolute Gasteiger partial charge is 0.265 e. The van der Waals surface area contributed by atoms with E-state index in [1.165, 1.54) is 0 Å². The van der Waals surface area contributed by atoms with Crippen LogP contribution in [0.5, 0.6) is 0 Å². The minimum Gasteiger partial charge on any atom is -0.265 e. The van der Waals surface area contributed by atoms with Crippen LogP contribution in [0.1, 0.15) is 0 Å². The van der Waals surface area contributed by atoms with Crippen molar-refractivity contribution >= 4 is 0 Å². The van der Waals surface area contributed by atoms with Gasteiger partial charge in [0.2, 0.25) is 0 Å². The van der Waals surface area contributed by atoms with Gasteiger partial charge < -0.3 is 0 Å². The first-order valence-electron chi connectivity index (χ1n) is 11.6. The van der Waals surface area contributed by atoms with Crippen LogP contribution in [0.3, 0.4) is 0 Å². The molecule has 0 unspecified atom stereocenters. The topological polar surface area (TPSA) is 64.5 Å². The molecule has 6 rings (SSSR count). The molecule has 1 aromatic carbocycles. The monoisotopic (exact) mass is 463 g/mol. The zero-order chi connectivity index (χ0) is 24.2. The van der Waals surface area contributed by atoms with E-state index in [0.717, 1.165) is 55.6 Å². The van der Waals surface area contributed by atoms with Gasteiger partial charge in [-0.15, -0.1) is 0 Å². The molecule has 5 heteroatoms. The average molecular weight is 464 g/mol. The number of hydrogen-bond acceptors (Lipinski definition) is 5. The molecule has 0 radical (unpaired) electrons. The zero-order valence-corrected chi connectivity index (χ0v) is 19.4. The Hall–Kier alpha value is -5.03. The Kier molecular flexibility index (Phi) is 5.78. The van der Waals surface area contributed by atoms with Gasteiger partial charge in [-0.05, 0) is 122 Å². The molecule has 0 aliphatic carbocycles. The van der Waals surface area contributed by atoms with E-state index in [2.05, 4.69) is 91.6 Å². The van der Waals surface area contributed by atoms with Crippen LogP contribution in [0.2, 0.25) is 0 Å². The highest BCUT2D eigenvalue weighted by atomic mass is 14.6. The molecule has 0 amide bonds. The SMILES string of the molecule is c1cc(-c2cc(-c3ccncc3)c(-c3ccncc3)c(-c3ccncc3)c2-c2ccncc2)ccn1. The van der Waals surface area contributed by atoms with Gasteiger partial charge in [0, 0.05) is 62.0 Å². The fourth-order valence-electron chi connectivity index (χ4n) is 4.65. The Morgan fingerprint density at radius 3 is 0.833 bits per heavy atom. The zero-order valence-electron chi connectivity index (χ0n) is 19.4. The predicted molar refractivity (Wildman–Crippen MR) is 143 cm³/mol. The Labute approximate surface area is 209 Å². The van der Waals surface area contributed by atoms with Crippen molar-refractivity contribution in [2.45, 2.75) is 0 Å². The third-order valence-corrected chi connectivity index (χ3v) is 6.22. The van der Waals surface area contributed by atoms with E-state index in [1.807, 2.05) is 62.0 Å². The fourth-order valence-corrected chi connectivity index (χ4v) is 4.65. The highest BCUT2D eigenvalue weighted by Crippen LogP contribution is 2.49. The molecule has 0 bridgehead atoms. The Morgan fingerprint density at radius 2 is 0.528 bits per heavy atom. The van der Waals surface area contributed by atoms with E-state index < -0.39 is 0 Å². The molecule has 5 heterocycles. The molecule has 5 nitrogen and oxygen atoms in total. The summed E-state index contributed by atoms with van der Waals surface area (Å²) < 4.78 is 0. The van der Waals surface area contributed by atoms with Crippen LogP contribution in [-0.4, -0.2) is 24.9 Å². The lowest BCUT2D eigenvalue weighted by Crippen LogP contribution is -1.98. The van der Waals surface area contributed by atoms with Crippen molar-refractivity contribution in [3.63, 3.8) is 0 Å². The minimum atomic E-state index is 1.08. The average Bonchev–Trinajstić information content (AvgIpc) is 2.98. The van der Waals surface area contributed by atoms with Gasteiger partial charge in [-0.1, -0.05) is 0 Å². The van der Waals surface area contributed by atoms with Crippen LogP contribution in [0, 0.1) is 0 Å². The summed E-state index contributed by atoms with van der Waals surface area (Å²) in [5.74, 6) is 0. The van der Waals surface area contributed by atoms with E-state index in [-0.39, 0.29) is 0 Å². The molecule has 0 spiro atoms. The van der Waals surface area contributed by atoms with Gasteiger partial charge in [-0.2, -0.15) is 0 Å². The smallest absolute Gasteiger partial charge is 0.0273 e. The standard InChI is InChI=1S/C31H21N5/c1-11-32-12-2-22(1)27-21-28(23-3-13-33-14-4-23)30(25-7-17-35-18-8-25)31(26-9-19-36-20-10-26)29(27)24-5-15-34-16-6-24/h1-21H. The van der Waals surface area contributed by atoms with Crippen molar-refractivity contribution in [2.24, 2.45) is 0 Å². The van der Waals surface area contributed by atoms with E-state index in [1.54, 1.807) is 0 Å². The number of benzene rings is 1. The Bertz CT molecular complexity index is 1490. The van der Waals surface area contributed by atoms with Gasteiger partial charge in [0.25, 0.3) is 0 Å². The molecule has 5 aromatic heterocycles. The van der Waals surface area contributed by atoms with Crippen LogP contribution in [0.25, 0.3) is 55.6 Å². The Balaban J connectivity index is 1.84. The van der Waals surface area contributed by atoms with Gasteiger partial charge in [-0.25, -0.2) is 0 Å². The summed E-state index contributed by atoms with van der Waals surface area (Å²) in [6.07, 6.45) is 18.4. The van der Waals surface area contributed by atoms with Crippen molar-refractivity contribution in [3.05, 3.63) is 129 Å². The molecular formula is C31H21N5. The van der Waals surface area contributed by atoms with Crippen LogP contribution in [0.4, 0.5) is 0 Å². The first kappa shape index (κ1) is 21.5. The highest BCUT2D eigenvalue weighted by molar-refractivity contribution is 6.07. The molecule has 36 heavy (non-hydrogen) atoms. The number of aromatic nitrogens is 5. The summed E-state index contributed by atoms with van der Waals surface area (Å²) in [7, 11) is 0. The lowest BCUT2D eigenvalue weighted by atomic mass is 9.79. The second kappa shape index (κ2) is 9.68. The third kappa shape index (κ3) is 4.03. The van der Waals surface area contributed by atoms with Gasteiger partial charge in [0.05, 0.1) is 0 Å². The molecule has 6 aromatic rings. The summed E-state index contributed by atoms with van der Waals surface area (Å²) in [4.78, 5) is 21.4. The van der Waals surface area contributed by atoms with E-state index >= 15 is 0 Å². The number of nitrogens with zero attached hydrogens (tertiary/aromatic N) is 5. The molecule has 0 saturated heterocycles. The molecule has 0 saturated carbocycles. The third-order valence-electron chi connectivity index (χ3n) is 6.22. The van der Waals surface area contributed by atoms with E-state index in [0.29, 0.717) is 0 Å². The lowest BCUT2D eigenvalue weighted by molar-refractivity contribution is 1.31. The van der Waals surface area contributed by atoms with Crippen molar-refractivity contribution in [1.82, 2.24) is 24.9 Å². The predicted octanol–water partition coefficient (Wildman–Crippen LogP) is 7.00. The molecule has 170 valence electrons. The van der Waals surface area contributed by atoms with Gasteiger partial charge in [-0.3, -0.25) is 24.9 Å². The van der Waals surface area contributed by atoms with Crippen LogP contribution in [-0.2, 0) is 0 Å². The molecular weight excluding hydrogens is 442 g/mol. The molecule has 0 atom stereocenters. The first-order chi connectivity index (χ1) is 17.9. The van der Waals surface area contributed by atoms with Gasteiger partial charge in [0.1, 0.15) is 0 Å². The Morgan fingerprint density at radius 1 is 0.278 bits per heavy atom. The lowest BCUT2D eigenvalue weighted by Gasteiger charge is -2.24. The number of pyridine rings is 5. The summed E-state index contributed by atoms with van der Waals surface area (Å²) in [6, 6.07) is 22.9. The second-order valence-electron chi connectivity index (χ2n) is 8.28. The summed E-state index contributed by atoms with van der Waals surface area (Å²) in [5.41, 5.74) is 11.0. The molecule has 0 aliphatic heterocycles. The maximum Gasteiger partial charge on any atom is 0.0273 e. The van der Waals surface area contributed by atoms with Crippen molar-refractivity contribution in [3.8, 4) is 55.6 Å². The van der Waals surface area contributed by atoms with Crippen molar-refractivity contribution in [2.75, 3.05) is 0 Å². The number of hydrogen-bond donors (Lipinski definition) is 0. The molecule has 0 N–H and O–H groups in total. The maximum atomic E-state index is 4.30.